The van der Waals surface area contributed by atoms with Crippen LogP contribution in [0.15, 0.2) is 51.6 Å². The maximum atomic E-state index is 13.0. The maximum absolute atomic E-state index is 13.0. The van der Waals surface area contributed by atoms with E-state index in [2.05, 4.69) is 10.2 Å². The van der Waals surface area contributed by atoms with E-state index in [0.29, 0.717) is 30.0 Å². The van der Waals surface area contributed by atoms with Gasteiger partial charge >= 0.3 is 5.97 Å². The van der Waals surface area contributed by atoms with E-state index in [9.17, 15) is 9.59 Å². The Morgan fingerprint density at radius 2 is 2.06 bits per heavy atom. The summed E-state index contributed by atoms with van der Waals surface area (Å²) in [6, 6.07) is 7.16. The zero-order valence-corrected chi connectivity index (χ0v) is 21.9. The van der Waals surface area contributed by atoms with Crippen molar-refractivity contribution < 1.29 is 23.8 Å². The maximum Gasteiger partial charge on any atom is 0.338 e. The van der Waals surface area contributed by atoms with Gasteiger partial charge in [-0.05, 0) is 42.5 Å². The molecule has 0 saturated carbocycles. The molecule has 0 aromatic heterocycles. The SMILES string of the molecule is CCC1=C(C(=O)OC)[C@@H](c2cccc(OC)c2)N2C(CC(=O)NCCCN3CCOCC3)=CSC2=N1. The Hall–Kier alpha value is -2.82. The summed E-state index contributed by atoms with van der Waals surface area (Å²) in [5.74, 6) is 0.208. The molecule has 3 heterocycles. The molecule has 4 rings (SSSR count). The number of aliphatic imine (C=N–C) groups is 1. The predicted octanol–water partition coefficient (Wildman–Crippen LogP) is 3.06. The van der Waals surface area contributed by atoms with Crippen molar-refractivity contribution in [2.75, 3.05) is 53.6 Å². The lowest BCUT2D eigenvalue weighted by molar-refractivity contribution is -0.136. The molecular weight excluding hydrogens is 480 g/mol. The number of benzene rings is 1. The van der Waals surface area contributed by atoms with Crippen LogP contribution in [0.2, 0.25) is 0 Å². The van der Waals surface area contributed by atoms with Gasteiger partial charge in [0.15, 0.2) is 5.17 Å². The van der Waals surface area contributed by atoms with Crippen molar-refractivity contribution >= 4 is 28.8 Å². The van der Waals surface area contributed by atoms with Crippen LogP contribution < -0.4 is 10.1 Å². The number of carbonyl (C=O) groups excluding carboxylic acids is 2. The summed E-state index contributed by atoms with van der Waals surface area (Å²) < 4.78 is 16.0. The first-order valence-corrected chi connectivity index (χ1v) is 13.2. The molecule has 1 aromatic rings. The molecule has 10 heteroatoms. The second kappa shape index (κ2) is 12.4. The molecule has 1 fully saturated rings. The topological polar surface area (TPSA) is 92.7 Å². The molecule has 0 aliphatic carbocycles. The summed E-state index contributed by atoms with van der Waals surface area (Å²) in [7, 11) is 2.99. The summed E-state index contributed by atoms with van der Waals surface area (Å²) in [6.07, 6.45) is 1.67. The molecule has 1 saturated heterocycles. The standard InChI is InChI=1S/C26H34N4O5S/c1-4-21-23(25(32)34-3)24(18-7-5-8-20(15-18)33-2)30-19(17-36-26(30)28-21)16-22(31)27-9-6-10-29-11-13-35-14-12-29/h5,7-8,15,17,24H,4,6,9-14,16H2,1-3H3,(H,27,31)/t24-/m1/s1. The molecule has 1 atom stereocenters. The summed E-state index contributed by atoms with van der Waals surface area (Å²) in [4.78, 5) is 35.0. The third-order valence-corrected chi connectivity index (χ3v) is 7.35. The fourth-order valence-corrected chi connectivity index (χ4v) is 5.56. The van der Waals surface area contributed by atoms with Crippen LogP contribution in [0.3, 0.4) is 0 Å². The summed E-state index contributed by atoms with van der Waals surface area (Å²) >= 11 is 1.47. The van der Waals surface area contributed by atoms with Crippen LogP contribution in [0.5, 0.6) is 5.75 Å². The van der Waals surface area contributed by atoms with E-state index in [-0.39, 0.29) is 12.3 Å². The molecule has 194 valence electrons. The van der Waals surface area contributed by atoms with E-state index in [1.807, 2.05) is 41.5 Å². The third-order valence-electron chi connectivity index (χ3n) is 6.46. The number of esters is 1. The highest BCUT2D eigenvalue weighted by Gasteiger charge is 2.41. The number of hydrogen-bond acceptors (Lipinski definition) is 9. The van der Waals surface area contributed by atoms with E-state index >= 15 is 0 Å². The van der Waals surface area contributed by atoms with Crippen molar-refractivity contribution in [1.82, 2.24) is 15.1 Å². The van der Waals surface area contributed by atoms with Crippen molar-refractivity contribution in [3.63, 3.8) is 0 Å². The Bertz CT molecular complexity index is 1060. The fourth-order valence-electron chi connectivity index (χ4n) is 4.62. The van der Waals surface area contributed by atoms with Gasteiger partial charge in [0.2, 0.25) is 5.91 Å². The molecule has 0 unspecified atom stereocenters. The lowest BCUT2D eigenvalue weighted by Crippen LogP contribution is -2.39. The van der Waals surface area contributed by atoms with Gasteiger partial charge in [-0.15, -0.1) is 0 Å². The molecular formula is C26H34N4O5S. The van der Waals surface area contributed by atoms with Gasteiger partial charge in [0.05, 0.1) is 51.2 Å². The van der Waals surface area contributed by atoms with Crippen LogP contribution in [0, 0.1) is 0 Å². The molecule has 9 nitrogen and oxygen atoms in total. The Balaban J connectivity index is 1.50. The molecule has 3 aliphatic heterocycles. The van der Waals surface area contributed by atoms with E-state index < -0.39 is 12.0 Å². The Morgan fingerprint density at radius 1 is 1.25 bits per heavy atom. The molecule has 1 amide bonds. The highest BCUT2D eigenvalue weighted by molar-refractivity contribution is 8.16. The van der Waals surface area contributed by atoms with Crippen molar-refractivity contribution in [2.24, 2.45) is 4.99 Å². The number of morpholine rings is 1. The Labute approximate surface area is 216 Å². The van der Waals surface area contributed by atoms with E-state index in [1.54, 1.807) is 7.11 Å². The zero-order chi connectivity index (χ0) is 25.5. The number of ether oxygens (including phenoxy) is 3. The van der Waals surface area contributed by atoms with Gasteiger partial charge < -0.3 is 24.4 Å². The van der Waals surface area contributed by atoms with E-state index in [0.717, 1.165) is 55.7 Å². The molecule has 1 aromatic carbocycles. The average Bonchev–Trinajstić information content (AvgIpc) is 3.32. The molecule has 0 radical (unpaired) electrons. The first-order chi connectivity index (χ1) is 17.5. The third kappa shape index (κ3) is 5.93. The number of carbonyl (C=O) groups is 2. The quantitative estimate of drug-likeness (QED) is 0.376. The molecule has 3 aliphatic rings. The minimum absolute atomic E-state index is 0.0562. The van der Waals surface area contributed by atoms with Gasteiger partial charge in [0.1, 0.15) is 5.75 Å². The molecule has 1 N–H and O–H groups in total. The lowest BCUT2D eigenvalue weighted by atomic mass is 9.92. The van der Waals surface area contributed by atoms with Crippen molar-refractivity contribution in [3.05, 3.63) is 52.2 Å². The van der Waals surface area contributed by atoms with Crippen molar-refractivity contribution in [3.8, 4) is 5.75 Å². The second-order valence-corrected chi connectivity index (χ2v) is 9.55. The highest BCUT2D eigenvalue weighted by Crippen LogP contribution is 2.45. The van der Waals surface area contributed by atoms with Gasteiger partial charge in [-0.1, -0.05) is 30.8 Å². The monoisotopic (exact) mass is 514 g/mol. The van der Waals surface area contributed by atoms with Crippen LogP contribution in [-0.4, -0.2) is 80.5 Å². The smallest absolute Gasteiger partial charge is 0.338 e. The number of allylic oxidation sites excluding steroid dienone is 1. The number of amides is 1. The van der Waals surface area contributed by atoms with Gasteiger partial charge in [0, 0.05) is 25.3 Å². The van der Waals surface area contributed by atoms with Crippen molar-refractivity contribution in [2.45, 2.75) is 32.2 Å². The zero-order valence-electron chi connectivity index (χ0n) is 21.1. The van der Waals surface area contributed by atoms with Gasteiger partial charge in [-0.3, -0.25) is 9.69 Å². The van der Waals surface area contributed by atoms with Crippen molar-refractivity contribution in [1.29, 1.82) is 0 Å². The first-order valence-electron chi connectivity index (χ1n) is 12.3. The Kier molecular flexibility index (Phi) is 9.06. The number of fused-ring (bicyclic) bond motifs is 1. The minimum Gasteiger partial charge on any atom is -0.497 e. The number of hydrogen-bond donors (Lipinski definition) is 1. The molecule has 0 bridgehead atoms. The van der Waals surface area contributed by atoms with Crippen LogP contribution in [0.25, 0.3) is 0 Å². The minimum atomic E-state index is -0.467. The van der Waals surface area contributed by atoms with Crippen LogP contribution in [0.4, 0.5) is 0 Å². The number of methoxy groups -OCH3 is 2. The fraction of sp³-hybridized carbons (Fsp3) is 0.500. The summed E-state index contributed by atoms with van der Waals surface area (Å²) in [6.45, 7) is 6.95. The Morgan fingerprint density at radius 3 is 2.78 bits per heavy atom. The number of nitrogens with zero attached hydrogens (tertiary/aromatic N) is 3. The largest absolute Gasteiger partial charge is 0.497 e. The number of thioether (sulfide) groups is 1. The summed E-state index contributed by atoms with van der Waals surface area (Å²) in [5.41, 5.74) is 2.84. The molecule has 36 heavy (non-hydrogen) atoms. The number of nitrogens with one attached hydrogen (secondary N) is 1. The van der Waals surface area contributed by atoms with Gasteiger partial charge in [0.25, 0.3) is 0 Å². The highest BCUT2D eigenvalue weighted by atomic mass is 32.2. The van der Waals surface area contributed by atoms with Gasteiger partial charge in [-0.25, -0.2) is 9.79 Å². The number of rotatable bonds is 10. The van der Waals surface area contributed by atoms with E-state index in [1.165, 1.54) is 18.9 Å². The predicted molar refractivity (Wildman–Crippen MR) is 140 cm³/mol. The first kappa shape index (κ1) is 26.2. The van der Waals surface area contributed by atoms with E-state index in [4.69, 9.17) is 19.2 Å². The van der Waals surface area contributed by atoms with Crippen LogP contribution in [-0.2, 0) is 19.1 Å². The number of amidine groups is 1. The average molecular weight is 515 g/mol. The summed E-state index contributed by atoms with van der Waals surface area (Å²) in [5, 5.41) is 5.75. The lowest BCUT2D eigenvalue weighted by Gasteiger charge is -2.36. The van der Waals surface area contributed by atoms with Crippen LogP contribution in [0.1, 0.15) is 37.8 Å². The normalized spacial score (nSPS) is 20.0. The second-order valence-electron chi connectivity index (χ2n) is 8.71. The van der Waals surface area contributed by atoms with Gasteiger partial charge in [-0.2, -0.15) is 0 Å². The van der Waals surface area contributed by atoms with Crippen LogP contribution >= 0.6 is 11.8 Å². The molecule has 0 spiro atoms.